The van der Waals surface area contributed by atoms with Gasteiger partial charge in [-0.15, -0.1) is 0 Å². The average molecular weight is 485 g/mol. The van der Waals surface area contributed by atoms with Crippen LogP contribution in [0.15, 0.2) is 0 Å². The van der Waals surface area contributed by atoms with Crippen LogP contribution in [0.5, 0.6) is 0 Å². The molecule has 32 heavy (non-hydrogen) atoms. The summed E-state index contributed by atoms with van der Waals surface area (Å²) in [5.74, 6) is -1.01. The third kappa shape index (κ3) is 22.3. The summed E-state index contributed by atoms with van der Waals surface area (Å²) >= 11 is 0. The topological polar surface area (TPSA) is 93.1 Å². The van der Waals surface area contributed by atoms with Crippen LogP contribution in [0.1, 0.15) is 124 Å². The van der Waals surface area contributed by atoms with E-state index in [9.17, 15) is 14.7 Å². The van der Waals surface area contributed by atoms with Crippen molar-refractivity contribution in [3.63, 3.8) is 0 Å². The van der Waals surface area contributed by atoms with Crippen molar-refractivity contribution >= 4 is 11.9 Å². The monoisotopic (exact) mass is 484 g/mol. The van der Waals surface area contributed by atoms with E-state index < -0.39 is 24.8 Å². The van der Waals surface area contributed by atoms with E-state index >= 15 is 0 Å². The minimum absolute atomic E-state index is 0. The van der Waals surface area contributed by atoms with Crippen molar-refractivity contribution in [1.82, 2.24) is 0 Å². The maximum Gasteiger partial charge on any atom is 1.00 e. The standard InChI is InChI=1S/C25H48O6.K.H/c1-3-5-7-9-10-11-12-13-14-15-17-19-24(28)31-23(18-16-8-6-4-2)25(29)30-21-22(27)20-26;;/h22-23,26-27H,3-21H2,1-2H3;;/q;+1;-1. The number of unbranched alkanes of at least 4 members (excludes halogenated alkanes) is 13. The second-order valence-corrected chi connectivity index (χ2v) is 8.58. The van der Waals surface area contributed by atoms with Gasteiger partial charge >= 0.3 is 63.3 Å². The van der Waals surface area contributed by atoms with Gasteiger partial charge in [0.15, 0.2) is 6.10 Å². The molecule has 0 heterocycles. The van der Waals surface area contributed by atoms with Gasteiger partial charge in [0.05, 0.1) is 6.61 Å². The van der Waals surface area contributed by atoms with Crippen LogP contribution < -0.4 is 51.4 Å². The molecule has 0 aromatic rings. The smallest absolute Gasteiger partial charge is 1.00 e. The summed E-state index contributed by atoms with van der Waals surface area (Å²) in [5, 5.41) is 18.2. The van der Waals surface area contributed by atoms with E-state index in [0.717, 1.165) is 44.9 Å². The van der Waals surface area contributed by atoms with E-state index in [1.807, 2.05) is 0 Å². The number of hydrogen-bond donors (Lipinski definition) is 2. The van der Waals surface area contributed by atoms with Gasteiger partial charge in [-0.1, -0.05) is 97.3 Å². The number of rotatable bonds is 22. The molecule has 0 aliphatic heterocycles. The molecule has 0 amide bonds. The molecule has 0 bridgehead atoms. The molecular weight excluding hydrogens is 435 g/mol. The van der Waals surface area contributed by atoms with E-state index in [2.05, 4.69) is 13.8 Å². The molecule has 6 nitrogen and oxygen atoms in total. The molecule has 0 aliphatic carbocycles. The summed E-state index contributed by atoms with van der Waals surface area (Å²) in [5.41, 5.74) is 0. The van der Waals surface area contributed by atoms with E-state index in [1.54, 1.807) is 0 Å². The number of carbonyl (C=O) groups is 2. The van der Waals surface area contributed by atoms with Crippen LogP contribution in [-0.4, -0.2) is 47.6 Å². The molecule has 0 aliphatic rings. The fourth-order valence-electron chi connectivity index (χ4n) is 3.46. The summed E-state index contributed by atoms with van der Waals surface area (Å²) in [7, 11) is 0. The second-order valence-electron chi connectivity index (χ2n) is 8.58. The molecule has 0 rings (SSSR count). The SMILES string of the molecule is CCCCCCCCCCCCCC(=O)OC(CCCCCC)C(=O)OCC(O)CO.[H-].[K+]. The molecule has 2 unspecified atom stereocenters. The normalized spacial score (nSPS) is 12.6. The predicted octanol–water partition coefficient (Wildman–Crippen LogP) is 2.58. The molecular formula is C25H49KO6. The Morgan fingerprint density at radius 3 is 1.75 bits per heavy atom. The van der Waals surface area contributed by atoms with Crippen LogP contribution in [0.25, 0.3) is 0 Å². The van der Waals surface area contributed by atoms with Crippen molar-refractivity contribution in [2.75, 3.05) is 13.2 Å². The molecule has 0 radical (unpaired) electrons. The minimum atomic E-state index is -1.11. The van der Waals surface area contributed by atoms with Gasteiger partial charge in [0.2, 0.25) is 0 Å². The van der Waals surface area contributed by atoms with E-state index in [-0.39, 0.29) is 65.4 Å². The van der Waals surface area contributed by atoms with Crippen LogP contribution in [-0.2, 0) is 19.1 Å². The van der Waals surface area contributed by atoms with Crippen LogP contribution in [0.4, 0.5) is 0 Å². The zero-order valence-electron chi connectivity index (χ0n) is 22.1. The van der Waals surface area contributed by atoms with Gasteiger partial charge in [-0.2, -0.15) is 0 Å². The number of ether oxygens (including phenoxy) is 2. The van der Waals surface area contributed by atoms with Gasteiger partial charge in [0, 0.05) is 6.42 Å². The Balaban J connectivity index is -0.00000450. The molecule has 0 saturated carbocycles. The first-order valence-corrected chi connectivity index (χ1v) is 12.7. The molecule has 186 valence electrons. The summed E-state index contributed by atoms with van der Waals surface area (Å²) in [6.07, 6.45) is 15.9. The maximum atomic E-state index is 12.2. The van der Waals surface area contributed by atoms with Crippen LogP contribution in [0.2, 0.25) is 0 Å². The number of aliphatic hydroxyl groups is 2. The first-order valence-electron chi connectivity index (χ1n) is 12.7. The second kappa shape index (κ2) is 26.1. The Hall–Kier alpha value is 0.496. The summed E-state index contributed by atoms with van der Waals surface area (Å²) < 4.78 is 10.4. The molecule has 0 aromatic carbocycles. The molecule has 7 heteroatoms. The van der Waals surface area contributed by atoms with Crippen molar-refractivity contribution in [3.05, 3.63) is 0 Å². The third-order valence-corrected chi connectivity index (χ3v) is 5.47. The zero-order chi connectivity index (χ0) is 23.2. The van der Waals surface area contributed by atoms with Crippen molar-refractivity contribution in [3.8, 4) is 0 Å². The van der Waals surface area contributed by atoms with Gasteiger partial charge < -0.3 is 21.1 Å². The summed E-state index contributed by atoms with van der Waals surface area (Å²) in [6.45, 7) is 3.57. The van der Waals surface area contributed by atoms with Gasteiger partial charge in [-0.25, -0.2) is 4.79 Å². The Kier molecular flexibility index (Phi) is 28.3. The molecule has 0 spiro atoms. The number of esters is 2. The van der Waals surface area contributed by atoms with Crippen molar-refractivity contribution < 1.29 is 82.1 Å². The van der Waals surface area contributed by atoms with E-state index in [0.29, 0.717) is 12.8 Å². The third-order valence-electron chi connectivity index (χ3n) is 5.47. The quantitative estimate of drug-likeness (QED) is 0.139. The molecule has 2 atom stereocenters. The summed E-state index contributed by atoms with van der Waals surface area (Å²) in [6, 6.07) is 0. The maximum absolute atomic E-state index is 12.2. The Labute approximate surface area is 240 Å². The van der Waals surface area contributed by atoms with Crippen molar-refractivity contribution in [2.45, 2.75) is 135 Å². The van der Waals surface area contributed by atoms with E-state index in [4.69, 9.17) is 14.6 Å². The van der Waals surface area contributed by atoms with Crippen LogP contribution >= 0.6 is 0 Å². The first-order chi connectivity index (χ1) is 15.0. The number of aliphatic hydroxyl groups excluding tert-OH is 2. The van der Waals surface area contributed by atoms with Gasteiger partial charge in [0.1, 0.15) is 12.7 Å². The van der Waals surface area contributed by atoms with E-state index in [1.165, 1.54) is 51.4 Å². The molecule has 0 aromatic heterocycles. The average Bonchev–Trinajstić information content (AvgIpc) is 2.77. The van der Waals surface area contributed by atoms with Gasteiger partial charge in [0.25, 0.3) is 0 Å². The molecule has 2 N–H and O–H groups in total. The fraction of sp³-hybridized carbons (Fsp3) is 0.920. The van der Waals surface area contributed by atoms with Crippen molar-refractivity contribution in [1.29, 1.82) is 0 Å². The van der Waals surface area contributed by atoms with Gasteiger partial charge in [-0.3, -0.25) is 4.79 Å². The van der Waals surface area contributed by atoms with Crippen LogP contribution in [0, 0.1) is 0 Å². The molecule has 0 fully saturated rings. The Bertz CT molecular complexity index is 439. The Morgan fingerprint density at radius 1 is 0.781 bits per heavy atom. The first kappa shape index (κ1) is 34.7. The summed E-state index contributed by atoms with van der Waals surface area (Å²) in [4.78, 5) is 24.4. The largest absolute Gasteiger partial charge is 1.00 e. The molecule has 0 saturated heterocycles. The number of carbonyl (C=O) groups excluding carboxylic acids is 2. The zero-order valence-corrected chi connectivity index (χ0v) is 24.2. The van der Waals surface area contributed by atoms with Crippen LogP contribution in [0.3, 0.4) is 0 Å². The van der Waals surface area contributed by atoms with Crippen molar-refractivity contribution in [2.24, 2.45) is 0 Å². The minimum Gasteiger partial charge on any atom is -1.00 e. The predicted molar refractivity (Wildman–Crippen MR) is 125 cm³/mol. The van der Waals surface area contributed by atoms with Gasteiger partial charge in [-0.05, 0) is 19.3 Å². The fourth-order valence-corrected chi connectivity index (χ4v) is 3.46. The number of hydrogen-bond acceptors (Lipinski definition) is 6. The Morgan fingerprint density at radius 2 is 1.25 bits per heavy atom.